The number of halogens is 9. The van der Waals surface area contributed by atoms with Gasteiger partial charge in [0.1, 0.15) is 18.1 Å². The second-order valence-electron chi connectivity index (χ2n) is 8.66. The highest BCUT2D eigenvalue weighted by atomic mass is 19.4. The zero-order valence-corrected chi connectivity index (χ0v) is 22.3. The maximum atomic E-state index is 13.7. The number of carbonyl (C=O) groups excluding carboxylic acids is 1. The third kappa shape index (κ3) is 9.38. The normalized spacial score (nSPS) is 13.3. The molecule has 1 atom stereocenters. The van der Waals surface area contributed by atoms with Crippen LogP contribution >= 0.6 is 0 Å². The van der Waals surface area contributed by atoms with E-state index in [1.165, 1.54) is 48.5 Å². The molecule has 0 saturated carbocycles. The highest BCUT2D eigenvalue weighted by molar-refractivity contribution is 5.72. The van der Waals surface area contributed by atoms with Gasteiger partial charge in [0.25, 0.3) is 0 Å². The van der Waals surface area contributed by atoms with Crippen molar-refractivity contribution in [2.45, 2.75) is 43.6 Å². The number of alkyl halides is 9. The molecule has 1 unspecified atom stereocenters. The molecule has 0 spiro atoms. The minimum Gasteiger partial charge on any atom is -0.492 e. The summed E-state index contributed by atoms with van der Waals surface area (Å²) in [6.07, 6.45) is -15.6. The van der Waals surface area contributed by atoms with Crippen LogP contribution in [0.3, 0.4) is 0 Å². The summed E-state index contributed by atoms with van der Waals surface area (Å²) >= 11 is 0. The average molecular weight is 635 g/mol. The summed E-state index contributed by atoms with van der Waals surface area (Å²) in [5.74, 6) is -15.1. The van der Waals surface area contributed by atoms with Crippen molar-refractivity contribution in [1.29, 1.82) is 0 Å². The molecule has 0 saturated heterocycles. The van der Waals surface area contributed by atoms with Crippen molar-refractivity contribution in [3.8, 4) is 11.5 Å². The van der Waals surface area contributed by atoms with Gasteiger partial charge in [-0.3, -0.25) is 0 Å². The minimum absolute atomic E-state index is 0.0247. The van der Waals surface area contributed by atoms with Crippen LogP contribution in [0.25, 0.3) is 0 Å². The molecule has 43 heavy (non-hydrogen) atoms. The van der Waals surface area contributed by atoms with E-state index in [4.69, 9.17) is 14.2 Å². The van der Waals surface area contributed by atoms with Gasteiger partial charge in [-0.25, -0.2) is 9.59 Å². The quantitative estimate of drug-likeness (QED) is 0.225. The Bertz CT molecular complexity index is 1180. The third-order valence-electron chi connectivity index (χ3n) is 5.58. The Hall–Kier alpha value is -3.73. The first-order valence-electron chi connectivity index (χ1n) is 12.3. The van der Waals surface area contributed by atoms with Crippen molar-refractivity contribution in [3.05, 3.63) is 60.2 Å². The van der Waals surface area contributed by atoms with Gasteiger partial charge in [-0.1, -0.05) is 30.3 Å². The van der Waals surface area contributed by atoms with Crippen molar-refractivity contribution >= 4 is 12.1 Å². The van der Waals surface area contributed by atoms with E-state index >= 15 is 0 Å². The van der Waals surface area contributed by atoms with Gasteiger partial charge in [-0.2, -0.15) is 39.5 Å². The first-order valence-corrected chi connectivity index (χ1v) is 12.3. The van der Waals surface area contributed by atoms with Crippen LogP contribution in [-0.2, 0) is 20.7 Å². The minimum atomic E-state index is -7.13. The zero-order valence-electron chi connectivity index (χ0n) is 22.3. The smallest absolute Gasteiger partial charge is 0.460 e. The fourth-order valence-electron chi connectivity index (χ4n) is 3.31. The summed E-state index contributed by atoms with van der Waals surface area (Å²) in [7, 11) is 0. The van der Waals surface area contributed by atoms with E-state index in [-0.39, 0.29) is 31.1 Å². The van der Waals surface area contributed by atoms with Crippen molar-refractivity contribution in [3.63, 3.8) is 0 Å². The molecule has 8 nitrogen and oxygen atoms in total. The molecule has 2 aromatic rings. The first kappa shape index (κ1) is 35.5. The molecule has 2 aromatic carbocycles. The second kappa shape index (κ2) is 14.6. The van der Waals surface area contributed by atoms with Gasteiger partial charge in [0.15, 0.2) is 6.10 Å². The van der Waals surface area contributed by atoms with E-state index in [1.807, 2.05) is 0 Å². The summed E-state index contributed by atoms with van der Waals surface area (Å²) in [4.78, 5) is 24.4. The van der Waals surface area contributed by atoms with Crippen molar-refractivity contribution in [1.82, 2.24) is 4.90 Å². The van der Waals surface area contributed by atoms with Crippen molar-refractivity contribution < 1.29 is 73.2 Å². The molecule has 17 heteroatoms. The predicted molar refractivity (Wildman–Crippen MR) is 130 cm³/mol. The molecule has 240 valence electrons. The van der Waals surface area contributed by atoms with E-state index < -0.39 is 62.0 Å². The summed E-state index contributed by atoms with van der Waals surface area (Å²) in [5.41, 5.74) is 0.576. The lowest BCUT2D eigenvalue weighted by atomic mass is 10.1. The number of rotatable bonds is 16. The first-order chi connectivity index (χ1) is 19.9. The lowest BCUT2D eigenvalue weighted by Crippen LogP contribution is -2.62. The molecule has 0 aliphatic rings. The van der Waals surface area contributed by atoms with Crippen molar-refractivity contribution in [2.75, 3.05) is 32.9 Å². The number of nitrogens with zero attached hydrogens (tertiary/aromatic N) is 1. The number of aliphatic carboxylic acids is 1. The molecular formula is C26H26F9NO7. The maximum Gasteiger partial charge on any atom is 0.460 e. The Kier molecular flexibility index (Phi) is 12.1. The van der Waals surface area contributed by atoms with Gasteiger partial charge < -0.3 is 29.0 Å². The van der Waals surface area contributed by atoms with Crippen LogP contribution in [0.2, 0.25) is 0 Å². The summed E-state index contributed by atoms with van der Waals surface area (Å²) in [6, 6.07) is 13.1. The molecule has 0 fully saturated rings. The number of hydrogen-bond donors (Lipinski definition) is 1. The molecule has 0 radical (unpaired) electrons. The molecule has 0 aliphatic heterocycles. The van der Waals surface area contributed by atoms with Crippen LogP contribution in [0.5, 0.6) is 11.5 Å². The van der Waals surface area contributed by atoms with Gasteiger partial charge in [0.2, 0.25) is 0 Å². The number of carboxylic acids is 1. The number of ether oxygens (including phenoxy) is 4. The van der Waals surface area contributed by atoms with Crippen LogP contribution in [0.4, 0.5) is 44.3 Å². The Balaban J connectivity index is 2.06. The van der Waals surface area contributed by atoms with Crippen molar-refractivity contribution in [2.24, 2.45) is 0 Å². The van der Waals surface area contributed by atoms with Crippen LogP contribution in [-0.4, -0.2) is 85.2 Å². The highest BCUT2D eigenvalue weighted by Gasteiger charge is 2.82. The number of benzene rings is 2. The molecule has 0 bridgehead atoms. The molecule has 1 N–H and O–H groups in total. The third-order valence-corrected chi connectivity index (χ3v) is 5.58. The number of amides is 1. The molecule has 0 aromatic heterocycles. The average Bonchev–Trinajstić information content (AvgIpc) is 2.92. The monoisotopic (exact) mass is 635 g/mol. The van der Waals surface area contributed by atoms with E-state index in [0.717, 1.165) is 0 Å². The van der Waals surface area contributed by atoms with E-state index in [9.17, 15) is 54.2 Å². The van der Waals surface area contributed by atoms with E-state index in [2.05, 4.69) is 4.74 Å². The van der Waals surface area contributed by atoms with Gasteiger partial charge in [0, 0.05) is 19.6 Å². The Labute approximate surface area is 238 Å². The van der Waals surface area contributed by atoms with E-state index in [0.29, 0.717) is 10.5 Å². The summed E-state index contributed by atoms with van der Waals surface area (Å²) < 4.78 is 137. The van der Waals surface area contributed by atoms with Crippen LogP contribution in [0.1, 0.15) is 12.5 Å². The highest BCUT2D eigenvalue weighted by Crippen LogP contribution is 2.53. The molecular weight excluding hydrogens is 609 g/mol. The molecule has 0 heterocycles. The Morgan fingerprint density at radius 3 is 1.93 bits per heavy atom. The lowest BCUT2D eigenvalue weighted by Gasteiger charge is -2.33. The number of hydrogen-bond acceptors (Lipinski definition) is 6. The fourth-order valence-corrected chi connectivity index (χ4v) is 3.31. The van der Waals surface area contributed by atoms with Gasteiger partial charge in [0.05, 0.1) is 13.2 Å². The second-order valence-corrected chi connectivity index (χ2v) is 8.66. The van der Waals surface area contributed by atoms with Gasteiger partial charge >= 0.3 is 36.2 Å². The van der Waals surface area contributed by atoms with Crippen LogP contribution in [0.15, 0.2) is 54.6 Å². The topological polar surface area (TPSA) is 94.5 Å². The number of carboxylic acid groups (broad SMARTS) is 1. The van der Waals surface area contributed by atoms with Gasteiger partial charge in [-0.05, 0) is 36.8 Å². The lowest BCUT2D eigenvalue weighted by molar-refractivity contribution is -0.443. The Morgan fingerprint density at radius 1 is 0.814 bits per heavy atom. The molecule has 2 rings (SSSR count). The molecule has 1 amide bonds. The molecule has 0 aliphatic carbocycles. The number of carbonyl (C=O) groups is 2. The summed E-state index contributed by atoms with van der Waals surface area (Å²) in [5, 5.41) is 9.18. The number of para-hydroxylation sites is 1. The van der Waals surface area contributed by atoms with Gasteiger partial charge in [-0.15, -0.1) is 0 Å². The van der Waals surface area contributed by atoms with E-state index in [1.54, 1.807) is 13.0 Å². The zero-order chi connectivity index (χ0) is 32.5. The standard InChI is InChI=1S/C26H26F9NO7/c1-2-40-20(21(37)38)16-17-8-10-18(11-9-17)41-14-12-36(22(39)43-19-6-4-3-5-7-19)13-15-42-26(34,35)24(29,30)23(27,28)25(31,32)33/h3-11,20H,2,12-16H2,1H3,(H,37,38). The fraction of sp³-hybridized carbons (Fsp3) is 0.462. The largest absolute Gasteiger partial charge is 0.492 e. The van der Waals surface area contributed by atoms with Crippen LogP contribution in [0, 0.1) is 0 Å². The maximum absolute atomic E-state index is 13.7. The van der Waals surface area contributed by atoms with Crippen LogP contribution < -0.4 is 9.47 Å². The SMILES string of the molecule is CCOC(Cc1ccc(OCCN(CCOC(F)(F)C(F)(F)C(F)(F)C(F)(F)F)C(=O)Oc2ccccc2)cc1)C(=O)O. The Morgan fingerprint density at radius 2 is 1.40 bits per heavy atom. The predicted octanol–water partition coefficient (Wildman–Crippen LogP) is 6.04. The summed E-state index contributed by atoms with van der Waals surface area (Å²) in [6.45, 7) is -1.63.